The largest absolute Gasteiger partial charge is 0.354 e. The second-order valence-electron chi connectivity index (χ2n) is 2.66. The maximum absolute atomic E-state index is 11.4. The molecular weight excluding hydrogens is 190 g/mol. The third-order valence-corrected chi connectivity index (χ3v) is 1.76. The molecule has 0 N–H and O–H groups in total. The number of hydrogen-bond acceptors (Lipinski definition) is 5. The number of aryl methyl sites for hydroxylation is 1. The van der Waals surface area contributed by atoms with Crippen LogP contribution in [0.25, 0.3) is 5.78 Å². The molecule has 8 heteroatoms. The van der Waals surface area contributed by atoms with E-state index in [0.717, 1.165) is 10.7 Å². The number of fused-ring (bicyclic) bond motifs is 1. The molecule has 0 saturated carbocycles. The third-order valence-electron chi connectivity index (χ3n) is 1.76. The smallest absolute Gasteiger partial charge is 0.303 e. The minimum Gasteiger partial charge on any atom is -0.303 e. The van der Waals surface area contributed by atoms with Gasteiger partial charge in [0.2, 0.25) is 5.78 Å². The van der Waals surface area contributed by atoms with Crippen LogP contribution in [0.5, 0.6) is 0 Å². The van der Waals surface area contributed by atoms with E-state index in [1.807, 2.05) is 0 Å². The Labute approximate surface area is 76.6 Å². The molecule has 2 aromatic rings. The minimum atomic E-state index is -0.781. The Balaban J connectivity index is 2.90. The molecule has 72 valence electrons. The molecule has 2 heterocycles. The Morgan fingerprint density at radius 1 is 1.57 bits per heavy atom. The molecule has 0 aromatic carbocycles. The SMILES string of the molecule is Cn1cnn2c(=O)c([N+](=O)[O-])cnc12. The van der Waals surface area contributed by atoms with Gasteiger partial charge in [0, 0.05) is 7.05 Å². The fraction of sp³-hybridized carbons (Fsp3) is 0.167. The van der Waals surface area contributed by atoms with E-state index in [-0.39, 0.29) is 5.78 Å². The molecule has 0 radical (unpaired) electrons. The van der Waals surface area contributed by atoms with Crippen molar-refractivity contribution in [3.05, 3.63) is 33.0 Å². The van der Waals surface area contributed by atoms with E-state index < -0.39 is 16.2 Å². The highest BCUT2D eigenvalue weighted by atomic mass is 16.6. The average Bonchev–Trinajstić information content (AvgIpc) is 2.49. The van der Waals surface area contributed by atoms with Crippen LogP contribution in [0.4, 0.5) is 5.69 Å². The van der Waals surface area contributed by atoms with Crippen molar-refractivity contribution in [3.8, 4) is 0 Å². The summed E-state index contributed by atoms with van der Waals surface area (Å²) in [7, 11) is 1.64. The van der Waals surface area contributed by atoms with Crippen molar-refractivity contribution in [2.45, 2.75) is 0 Å². The summed E-state index contributed by atoms with van der Waals surface area (Å²) < 4.78 is 2.38. The molecule has 0 bridgehead atoms. The Morgan fingerprint density at radius 3 is 2.93 bits per heavy atom. The van der Waals surface area contributed by atoms with Gasteiger partial charge in [-0.2, -0.15) is 9.61 Å². The predicted molar refractivity (Wildman–Crippen MR) is 44.9 cm³/mol. The molecule has 0 aliphatic heterocycles. The second kappa shape index (κ2) is 2.62. The zero-order valence-corrected chi connectivity index (χ0v) is 7.12. The van der Waals surface area contributed by atoms with E-state index in [2.05, 4.69) is 10.1 Å². The zero-order valence-electron chi connectivity index (χ0n) is 7.12. The van der Waals surface area contributed by atoms with Crippen LogP contribution in [0, 0.1) is 10.1 Å². The Hall–Kier alpha value is -2.25. The zero-order chi connectivity index (χ0) is 10.3. The fourth-order valence-corrected chi connectivity index (χ4v) is 1.08. The molecule has 0 aliphatic rings. The summed E-state index contributed by atoms with van der Waals surface area (Å²) >= 11 is 0. The molecule has 0 aliphatic carbocycles. The van der Waals surface area contributed by atoms with Crippen molar-refractivity contribution < 1.29 is 4.92 Å². The number of nitro groups is 1. The predicted octanol–water partition coefficient (Wildman–Crippen LogP) is -0.664. The lowest BCUT2D eigenvalue weighted by atomic mass is 10.5. The van der Waals surface area contributed by atoms with Gasteiger partial charge in [-0.15, -0.1) is 0 Å². The summed E-state index contributed by atoms with van der Waals surface area (Å²) in [5.74, 6) is 0.264. The first-order valence-electron chi connectivity index (χ1n) is 3.65. The van der Waals surface area contributed by atoms with Gasteiger partial charge >= 0.3 is 11.2 Å². The average molecular weight is 195 g/mol. The highest BCUT2D eigenvalue weighted by Gasteiger charge is 2.16. The highest BCUT2D eigenvalue weighted by molar-refractivity contribution is 5.33. The number of rotatable bonds is 1. The van der Waals surface area contributed by atoms with Gasteiger partial charge in [0.25, 0.3) is 0 Å². The normalized spacial score (nSPS) is 10.6. The molecule has 0 amide bonds. The molecule has 8 nitrogen and oxygen atoms in total. The van der Waals surface area contributed by atoms with Gasteiger partial charge in [-0.3, -0.25) is 14.9 Å². The van der Waals surface area contributed by atoms with Crippen LogP contribution in [-0.4, -0.2) is 24.1 Å². The Morgan fingerprint density at radius 2 is 2.29 bits per heavy atom. The van der Waals surface area contributed by atoms with Crippen molar-refractivity contribution in [3.63, 3.8) is 0 Å². The van der Waals surface area contributed by atoms with Crippen LogP contribution in [0.1, 0.15) is 0 Å². The van der Waals surface area contributed by atoms with Crippen molar-refractivity contribution in [2.75, 3.05) is 0 Å². The van der Waals surface area contributed by atoms with Crippen LogP contribution >= 0.6 is 0 Å². The monoisotopic (exact) mass is 195 g/mol. The van der Waals surface area contributed by atoms with Gasteiger partial charge in [-0.1, -0.05) is 0 Å². The van der Waals surface area contributed by atoms with E-state index in [1.165, 1.54) is 10.9 Å². The molecule has 0 atom stereocenters. The molecule has 2 aromatic heterocycles. The van der Waals surface area contributed by atoms with Crippen LogP contribution in [0.15, 0.2) is 17.3 Å². The summed E-state index contributed by atoms with van der Waals surface area (Å²) in [5.41, 5.74) is -1.36. The lowest BCUT2D eigenvalue weighted by molar-refractivity contribution is -0.386. The summed E-state index contributed by atoms with van der Waals surface area (Å²) in [4.78, 5) is 24.7. The van der Waals surface area contributed by atoms with Crippen molar-refractivity contribution in [1.29, 1.82) is 0 Å². The number of nitrogens with zero attached hydrogens (tertiary/aromatic N) is 5. The van der Waals surface area contributed by atoms with Crippen molar-refractivity contribution in [2.24, 2.45) is 7.05 Å². The van der Waals surface area contributed by atoms with E-state index in [0.29, 0.717) is 0 Å². The van der Waals surface area contributed by atoms with Crippen LogP contribution < -0.4 is 5.56 Å². The van der Waals surface area contributed by atoms with Gasteiger partial charge in [0.15, 0.2) is 0 Å². The summed E-state index contributed by atoms with van der Waals surface area (Å²) in [6.45, 7) is 0. The van der Waals surface area contributed by atoms with Gasteiger partial charge in [0.05, 0.1) is 4.92 Å². The first-order chi connectivity index (χ1) is 6.61. The fourth-order valence-electron chi connectivity index (χ4n) is 1.08. The van der Waals surface area contributed by atoms with Gasteiger partial charge in [-0.05, 0) is 0 Å². The minimum absolute atomic E-state index is 0.264. The molecule has 0 fully saturated rings. The third kappa shape index (κ3) is 0.969. The topological polar surface area (TPSA) is 95.3 Å². The molecule has 14 heavy (non-hydrogen) atoms. The lowest BCUT2D eigenvalue weighted by Gasteiger charge is -1.92. The van der Waals surface area contributed by atoms with Crippen LogP contribution in [-0.2, 0) is 7.05 Å². The van der Waals surface area contributed by atoms with E-state index in [4.69, 9.17) is 0 Å². The van der Waals surface area contributed by atoms with Crippen molar-refractivity contribution in [1.82, 2.24) is 19.2 Å². The maximum atomic E-state index is 11.4. The lowest BCUT2D eigenvalue weighted by Crippen LogP contribution is -2.18. The first kappa shape index (κ1) is 8.35. The van der Waals surface area contributed by atoms with Gasteiger partial charge < -0.3 is 4.57 Å². The van der Waals surface area contributed by atoms with Gasteiger partial charge in [-0.25, -0.2) is 4.98 Å². The highest BCUT2D eigenvalue weighted by Crippen LogP contribution is 2.02. The van der Waals surface area contributed by atoms with E-state index in [9.17, 15) is 14.9 Å². The maximum Gasteiger partial charge on any atom is 0.354 e. The van der Waals surface area contributed by atoms with E-state index >= 15 is 0 Å². The van der Waals surface area contributed by atoms with E-state index in [1.54, 1.807) is 7.05 Å². The summed E-state index contributed by atoms with van der Waals surface area (Å²) in [5, 5.41) is 14.1. The first-order valence-corrected chi connectivity index (χ1v) is 3.65. The molecule has 0 unspecified atom stereocenters. The summed E-state index contributed by atoms with van der Waals surface area (Å²) in [6.07, 6.45) is 2.28. The molecule has 0 saturated heterocycles. The van der Waals surface area contributed by atoms with Crippen LogP contribution in [0.3, 0.4) is 0 Å². The van der Waals surface area contributed by atoms with Crippen molar-refractivity contribution >= 4 is 11.5 Å². The number of aromatic nitrogens is 4. The Kier molecular flexibility index (Phi) is 1.56. The number of hydrogen-bond donors (Lipinski definition) is 0. The van der Waals surface area contributed by atoms with Gasteiger partial charge in [0.1, 0.15) is 12.5 Å². The molecular formula is C6H5N5O3. The Bertz CT molecular complexity index is 568. The molecule has 0 spiro atoms. The van der Waals surface area contributed by atoms with Crippen LogP contribution in [0.2, 0.25) is 0 Å². The standard InChI is InChI=1S/C6H5N5O3/c1-9-3-8-10-5(12)4(11(13)14)2-7-6(9)10/h2-3H,1H3. The summed E-state index contributed by atoms with van der Waals surface area (Å²) in [6, 6.07) is 0. The second-order valence-corrected chi connectivity index (χ2v) is 2.66. The molecule has 2 rings (SSSR count). The quantitative estimate of drug-likeness (QED) is 0.444.